The molecule has 0 spiro atoms. The van der Waals surface area contributed by atoms with Gasteiger partial charge in [0.25, 0.3) is 0 Å². The molecule has 0 aliphatic carbocycles. The van der Waals surface area contributed by atoms with Crippen LogP contribution in [0.15, 0.2) is 42.9 Å². The van der Waals surface area contributed by atoms with Crippen LogP contribution in [-0.2, 0) is 11.3 Å². The van der Waals surface area contributed by atoms with E-state index in [1.54, 1.807) is 23.0 Å². The predicted octanol–water partition coefficient (Wildman–Crippen LogP) is 1.63. The summed E-state index contributed by atoms with van der Waals surface area (Å²) < 4.78 is 7.78. The molecule has 0 unspecified atom stereocenters. The Morgan fingerprint density at radius 2 is 1.92 bits per heavy atom. The molecule has 2 aliphatic rings. The minimum absolute atomic E-state index is 0.143. The molecular formula is C27H30N10O2. The first kappa shape index (κ1) is 25.2. The highest BCUT2D eigenvalue weighted by Crippen LogP contribution is 2.28. The number of piperidine rings is 1. The van der Waals surface area contributed by atoms with Crippen LogP contribution in [0.1, 0.15) is 29.9 Å². The summed E-state index contributed by atoms with van der Waals surface area (Å²) in [6, 6.07) is 9.44. The molecule has 1 aromatic carbocycles. The summed E-state index contributed by atoms with van der Waals surface area (Å²) in [6.07, 6.45) is 7.54. The SMILES string of the molecule is N#Cc1cccc(-c2cnc3nnn(C[C@@H]4CN(c5ncc(C6CCN(CCO)CC6)cn5)CCO4)c3n2)c1. The van der Waals surface area contributed by atoms with E-state index in [-0.39, 0.29) is 12.7 Å². The lowest BCUT2D eigenvalue weighted by atomic mass is 9.91. The molecule has 0 bridgehead atoms. The van der Waals surface area contributed by atoms with E-state index in [1.807, 2.05) is 24.5 Å². The molecule has 0 saturated carbocycles. The number of aliphatic hydroxyl groups excluding tert-OH is 1. The van der Waals surface area contributed by atoms with Gasteiger partial charge in [0, 0.05) is 37.6 Å². The number of morpholine rings is 1. The molecule has 6 rings (SSSR count). The molecule has 1 atom stereocenters. The van der Waals surface area contributed by atoms with E-state index in [9.17, 15) is 5.26 Å². The van der Waals surface area contributed by atoms with Gasteiger partial charge < -0.3 is 19.6 Å². The molecule has 2 aliphatic heterocycles. The average Bonchev–Trinajstić information content (AvgIpc) is 3.40. The highest BCUT2D eigenvalue weighted by molar-refractivity contribution is 5.70. The highest BCUT2D eigenvalue weighted by Gasteiger charge is 2.26. The van der Waals surface area contributed by atoms with Crippen molar-refractivity contribution in [2.24, 2.45) is 0 Å². The molecule has 12 heteroatoms. The minimum Gasteiger partial charge on any atom is -0.395 e. The molecular weight excluding hydrogens is 496 g/mol. The fourth-order valence-corrected chi connectivity index (χ4v) is 5.31. The van der Waals surface area contributed by atoms with E-state index in [2.05, 4.69) is 31.2 Å². The molecule has 5 heterocycles. The normalized spacial score (nSPS) is 18.9. The molecule has 3 aromatic heterocycles. The molecule has 39 heavy (non-hydrogen) atoms. The lowest BCUT2D eigenvalue weighted by molar-refractivity contribution is 0.0272. The standard InChI is InChI=1S/C27H30N10O2/c28-13-19-2-1-3-21(12-19)24-16-29-25-26(32-24)37(34-33-25)18-23-17-36(9-11-39-23)27-30-14-22(15-31-27)20-4-6-35(7-5-20)8-10-38/h1-3,12,14-16,20,23,38H,4-11,17-18H2/t23-/m0/s1. The maximum Gasteiger partial charge on any atom is 0.225 e. The van der Waals surface area contributed by atoms with Gasteiger partial charge in [-0.1, -0.05) is 17.3 Å². The molecule has 0 radical (unpaired) electrons. The molecule has 0 amide bonds. The Morgan fingerprint density at radius 3 is 2.72 bits per heavy atom. The van der Waals surface area contributed by atoms with Crippen molar-refractivity contribution in [3.63, 3.8) is 0 Å². The van der Waals surface area contributed by atoms with Crippen LogP contribution < -0.4 is 4.90 Å². The van der Waals surface area contributed by atoms with Gasteiger partial charge in [-0.15, -0.1) is 5.10 Å². The number of nitrogens with zero attached hydrogens (tertiary/aromatic N) is 10. The van der Waals surface area contributed by atoms with Gasteiger partial charge in [0.2, 0.25) is 11.6 Å². The van der Waals surface area contributed by atoms with E-state index in [0.29, 0.717) is 60.7 Å². The van der Waals surface area contributed by atoms with Crippen molar-refractivity contribution < 1.29 is 9.84 Å². The van der Waals surface area contributed by atoms with Crippen LogP contribution in [0, 0.1) is 11.3 Å². The van der Waals surface area contributed by atoms with E-state index in [4.69, 9.17) is 24.8 Å². The van der Waals surface area contributed by atoms with Crippen LogP contribution in [0.4, 0.5) is 5.95 Å². The fourth-order valence-electron chi connectivity index (χ4n) is 5.31. The number of β-amino-alcohol motifs (C(OH)–C–C–N with tert-alkyl or cyclic N) is 1. The highest BCUT2D eigenvalue weighted by atomic mass is 16.5. The van der Waals surface area contributed by atoms with Crippen molar-refractivity contribution in [3.05, 3.63) is 54.0 Å². The first-order valence-electron chi connectivity index (χ1n) is 13.3. The smallest absolute Gasteiger partial charge is 0.225 e. The van der Waals surface area contributed by atoms with E-state index in [1.165, 1.54) is 5.56 Å². The largest absolute Gasteiger partial charge is 0.395 e. The maximum absolute atomic E-state index is 9.23. The fraction of sp³-hybridized carbons (Fsp3) is 0.444. The van der Waals surface area contributed by atoms with E-state index in [0.717, 1.165) is 38.0 Å². The van der Waals surface area contributed by atoms with Crippen molar-refractivity contribution >= 4 is 17.2 Å². The van der Waals surface area contributed by atoms with Crippen LogP contribution in [0.5, 0.6) is 0 Å². The second-order valence-electron chi connectivity index (χ2n) is 9.96. The van der Waals surface area contributed by atoms with Crippen molar-refractivity contribution in [2.75, 3.05) is 50.8 Å². The maximum atomic E-state index is 9.23. The number of nitriles is 1. The number of hydrogen-bond donors (Lipinski definition) is 1. The van der Waals surface area contributed by atoms with Gasteiger partial charge in [0.05, 0.1) is 49.4 Å². The number of benzene rings is 1. The summed E-state index contributed by atoms with van der Waals surface area (Å²) in [7, 11) is 0. The summed E-state index contributed by atoms with van der Waals surface area (Å²) in [6.45, 7) is 5.30. The van der Waals surface area contributed by atoms with E-state index < -0.39 is 0 Å². The Hall–Kier alpha value is -4.05. The quantitative estimate of drug-likeness (QED) is 0.375. The van der Waals surface area contributed by atoms with Crippen molar-refractivity contribution in [3.8, 4) is 17.3 Å². The Balaban J connectivity index is 1.12. The first-order chi connectivity index (χ1) is 19.2. The summed E-state index contributed by atoms with van der Waals surface area (Å²) in [4.78, 5) is 23.0. The van der Waals surface area contributed by atoms with Crippen LogP contribution in [0.2, 0.25) is 0 Å². The van der Waals surface area contributed by atoms with Gasteiger partial charge >= 0.3 is 0 Å². The molecule has 12 nitrogen and oxygen atoms in total. The second-order valence-corrected chi connectivity index (χ2v) is 9.96. The summed E-state index contributed by atoms with van der Waals surface area (Å²) >= 11 is 0. The number of aromatic nitrogens is 7. The zero-order valence-electron chi connectivity index (χ0n) is 21.6. The van der Waals surface area contributed by atoms with E-state index >= 15 is 0 Å². The lowest BCUT2D eigenvalue weighted by Gasteiger charge is -2.33. The molecule has 2 saturated heterocycles. The monoisotopic (exact) mass is 526 g/mol. The topological polar surface area (TPSA) is 142 Å². The molecule has 4 aromatic rings. The Morgan fingerprint density at radius 1 is 1.08 bits per heavy atom. The number of fused-ring (bicyclic) bond motifs is 1. The Kier molecular flexibility index (Phi) is 7.36. The van der Waals surface area contributed by atoms with Crippen molar-refractivity contribution in [1.29, 1.82) is 5.26 Å². The second kappa shape index (κ2) is 11.4. The van der Waals surface area contributed by atoms with Gasteiger partial charge in [-0.25, -0.2) is 24.6 Å². The summed E-state index contributed by atoms with van der Waals surface area (Å²) in [5.41, 5.74) is 4.24. The van der Waals surface area contributed by atoms with Gasteiger partial charge in [-0.3, -0.25) is 0 Å². The first-order valence-corrected chi connectivity index (χ1v) is 13.3. The minimum atomic E-state index is -0.143. The van der Waals surface area contributed by atoms with Gasteiger partial charge in [0.1, 0.15) is 0 Å². The van der Waals surface area contributed by atoms with Gasteiger partial charge in [-0.2, -0.15) is 5.26 Å². The van der Waals surface area contributed by atoms with Crippen LogP contribution in [-0.4, -0.2) is 97.0 Å². The predicted molar refractivity (Wildman–Crippen MR) is 143 cm³/mol. The lowest BCUT2D eigenvalue weighted by Crippen LogP contribution is -2.45. The molecule has 1 N–H and O–H groups in total. The number of hydrogen-bond acceptors (Lipinski definition) is 11. The number of rotatable bonds is 7. The number of anilines is 1. The number of ether oxygens (including phenoxy) is 1. The number of likely N-dealkylation sites (tertiary alicyclic amines) is 1. The third kappa shape index (κ3) is 5.56. The zero-order chi connectivity index (χ0) is 26.6. The molecule has 2 fully saturated rings. The number of aliphatic hydroxyl groups is 1. The van der Waals surface area contributed by atoms with Crippen LogP contribution in [0.25, 0.3) is 22.6 Å². The Labute approximate surface area is 225 Å². The zero-order valence-corrected chi connectivity index (χ0v) is 21.6. The summed E-state index contributed by atoms with van der Waals surface area (Å²) in [5.74, 6) is 1.16. The van der Waals surface area contributed by atoms with Crippen LogP contribution >= 0.6 is 0 Å². The Bertz CT molecular complexity index is 1460. The van der Waals surface area contributed by atoms with Gasteiger partial charge in [0.15, 0.2) is 5.65 Å². The third-order valence-electron chi connectivity index (χ3n) is 7.45. The van der Waals surface area contributed by atoms with Crippen LogP contribution in [0.3, 0.4) is 0 Å². The summed E-state index contributed by atoms with van der Waals surface area (Å²) in [5, 5.41) is 26.9. The average molecular weight is 527 g/mol. The van der Waals surface area contributed by atoms with Gasteiger partial charge in [-0.05, 0) is 49.5 Å². The van der Waals surface area contributed by atoms with Crippen molar-refractivity contribution in [2.45, 2.75) is 31.4 Å². The van der Waals surface area contributed by atoms with Crippen molar-refractivity contribution in [1.82, 2.24) is 39.8 Å². The third-order valence-corrected chi connectivity index (χ3v) is 7.45. The molecule has 200 valence electrons.